The summed E-state index contributed by atoms with van der Waals surface area (Å²) in [5, 5.41) is 9.22. The smallest absolute Gasteiger partial charge is 0.326 e. The van der Waals surface area contributed by atoms with Crippen LogP contribution in [0.1, 0.15) is 50.5 Å². The fraction of sp³-hybridized carbons (Fsp3) is 0.529. The lowest BCUT2D eigenvalue weighted by Crippen LogP contribution is -2.47. The molecule has 0 aliphatic carbocycles. The van der Waals surface area contributed by atoms with Crippen molar-refractivity contribution < 1.29 is 14.7 Å². The van der Waals surface area contributed by atoms with Gasteiger partial charge < -0.3 is 10.0 Å². The molecule has 2 atom stereocenters. The first-order valence-corrected chi connectivity index (χ1v) is 7.67. The second kappa shape index (κ2) is 7.25. The van der Waals surface area contributed by atoms with Crippen LogP contribution in [0.15, 0.2) is 30.3 Å². The Hall–Kier alpha value is -1.84. The van der Waals surface area contributed by atoms with Crippen LogP contribution in [0.25, 0.3) is 0 Å². The number of likely N-dealkylation sites (tertiary alicyclic amines) is 1. The molecule has 1 N–H and O–H groups in total. The summed E-state index contributed by atoms with van der Waals surface area (Å²) in [6.45, 7) is 2.68. The molecule has 1 aromatic rings. The van der Waals surface area contributed by atoms with Crippen LogP contribution >= 0.6 is 0 Å². The molecule has 1 saturated heterocycles. The monoisotopic (exact) mass is 289 g/mol. The first-order chi connectivity index (χ1) is 10.1. The summed E-state index contributed by atoms with van der Waals surface area (Å²) in [5.74, 6) is -0.591. The third kappa shape index (κ3) is 4.06. The van der Waals surface area contributed by atoms with Gasteiger partial charge in [-0.15, -0.1) is 0 Å². The second-order valence-electron chi connectivity index (χ2n) is 5.79. The highest BCUT2D eigenvalue weighted by Crippen LogP contribution is 2.23. The predicted molar refractivity (Wildman–Crippen MR) is 81.1 cm³/mol. The molecule has 4 heteroatoms. The largest absolute Gasteiger partial charge is 0.480 e. The predicted octanol–water partition coefficient (Wildman–Crippen LogP) is 3.04. The Morgan fingerprint density at radius 3 is 2.67 bits per heavy atom. The molecule has 0 spiro atoms. The van der Waals surface area contributed by atoms with Crippen molar-refractivity contribution in [3.8, 4) is 0 Å². The van der Waals surface area contributed by atoms with Crippen LogP contribution < -0.4 is 0 Å². The van der Waals surface area contributed by atoms with Gasteiger partial charge in [0.25, 0.3) is 0 Å². The molecule has 1 amide bonds. The van der Waals surface area contributed by atoms with Crippen LogP contribution in [-0.2, 0) is 9.59 Å². The van der Waals surface area contributed by atoms with Crippen molar-refractivity contribution in [2.45, 2.75) is 51.0 Å². The van der Waals surface area contributed by atoms with E-state index < -0.39 is 12.0 Å². The number of carboxylic acids is 1. The van der Waals surface area contributed by atoms with E-state index >= 15 is 0 Å². The van der Waals surface area contributed by atoms with Crippen LogP contribution in [0.3, 0.4) is 0 Å². The normalized spacial score (nSPS) is 20.0. The average molecular weight is 289 g/mol. The summed E-state index contributed by atoms with van der Waals surface area (Å²) in [7, 11) is 0. The molecule has 4 nitrogen and oxygen atoms in total. The Bertz CT molecular complexity index is 486. The lowest BCUT2D eigenvalue weighted by molar-refractivity contribution is -0.152. The fourth-order valence-corrected chi connectivity index (χ4v) is 2.92. The molecule has 2 rings (SSSR count). The maximum Gasteiger partial charge on any atom is 0.326 e. The average Bonchev–Trinajstić information content (AvgIpc) is 2.53. The number of aliphatic carboxylic acids is 1. The van der Waals surface area contributed by atoms with E-state index in [-0.39, 0.29) is 5.91 Å². The van der Waals surface area contributed by atoms with Crippen molar-refractivity contribution in [3.63, 3.8) is 0 Å². The quantitative estimate of drug-likeness (QED) is 0.906. The maximum atomic E-state index is 12.3. The minimum atomic E-state index is -0.876. The minimum Gasteiger partial charge on any atom is -0.480 e. The number of amides is 1. The molecule has 21 heavy (non-hydrogen) atoms. The third-order valence-corrected chi connectivity index (χ3v) is 4.27. The zero-order valence-corrected chi connectivity index (χ0v) is 12.5. The zero-order valence-electron chi connectivity index (χ0n) is 12.5. The van der Waals surface area contributed by atoms with E-state index in [1.165, 1.54) is 5.56 Å². The Kier molecular flexibility index (Phi) is 5.37. The highest BCUT2D eigenvalue weighted by Gasteiger charge is 2.31. The molecular weight excluding hydrogens is 266 g/mol. The van der Waals surface area contributed by atoms with E-state index in [0.29, 0.717) is 25.3 Å². The van der Waals surface area contributed by atoms with Crippen LogP contribution in [0.5, 0.6) is 0 Å². The SMILES string of the molecule is CC(CCC(=O)N1CCCCC1C(=O)O)c1ccccc1. The van der Waals surface area contributed by atoms with Gasteiger partial charge in [0.1, 0.15) is 6.04 Å². The Morgan fingerprint density at radius 2 is 2.00 bits per heavy atom. The molecule has 0 bridgehead atoms. The molecule has 0 saturated carbocycles. The van der Waals surface area contributed by atoms with Gasteiger partial charge in [-0.25, -0.2) is 4.79 Å². The van der Waals surface area contributed by atoms with Crippen molar-refractivity contribution in [2.75, 3.05) is 6.54 Å². The first kappa shape index (κ1) is 15.5. The molecule has 2 unspecified atom stereocenters. The topological polar surface area (TPSA) is 57.6 Å². The van der Waals surface area contributed by atoms with E-state index in [1.54, 1.807) is 4.90 Å². The van der Waals surface area contributed by atoms with Crippen molar-refractivity contribution >= 4 is 11.9 Å². The maximum absolute atomic E-state index is 12.3. The molecular formula is C17H23NO3. The van der Waals surface area contributed by atoms with Crippen LogP contribution in [0.2, 0.25) is 0 Å². The van der Waals surface area contributed by atoms with Gasteiger partial charge >= 0.3 is 5.97 Å². The van der Waals surface area contributed by atoms with E-state index in [1.807, 2.05) is 18.2 Å². The number of carbonyl (C=O) groups is 2. The van der Waals surface area contributed by atoms with E-state index in [9.17, 15) is 14.7 Å². The van der Waals surface area contributed by atoms with Crippen LogP contribution in [-0.4, -0.2) is 34.5 Å². The van der Waals surface area contributed by atoms with Gasteiger partial charge in [-0.05, 0) is 37.2 Å². The lowest BCUT2D eigenvalue weighted by Gasteiger charge is -2.33. The summed E-state index contributed by atoms with van der Waals surface area (Å²) < 4.78 is 0. The van der Waals surface area contributed by atoms with Gasteiger partial charge in [-0.2, -0.15) is 0 Å². The summed E-state index contributed by atoms with van der Waals surface area (Å²) in [4.78, 5) is 25.1. The lowest BCUT2D eigenvalue weighted by atomic mass is 9.95. The number of hydrogen-bond donors (Lipinski definition) is 1. The molecule has 0 radical (unpaired) electrons. The second-order valence-corrected chi connectivity index (χ2v) is 5.79. The Morgan fingerprint density at radius 1 is 1.29 bits per heavy atom. The van der Waals surface area contributed by atoms with Crippen molar-refractivity contribution in [1.82, 2.24) is 4.90 Å². The van der Waals surface area contributed by atoms with E-state index in [4.69, 9.17) is 0 Å². The number of rotatable bonds is 5. The van der Waals surface area contributed by atoms with Gasteiger partial charge in [-0.1, -0.05) is 37.3 Å². The highest BCUT2D eigenvalue weighted by molar-refractivity contribution is 5.83. The summed E-state index contributed by atoms with van der Waals surface area (Å²) in [5.41, 5.74) is 1.22. The van der Waals surface area contributed by atoms with E-state index in [2.05, 4.69) is 19.1 Å². The van der Waals surface area contributed by atoms with Gasteiger partial charge in [0.2, 0.25) is 5.91 Å². The molecule has 1 aromatic carbocycles. The Labute approximate surface area is 125 Å². The minimum absolute atomic E-state index is 0.0233. The van der Waals surface area contributed by atoms with Crippen molar-refractivity contribution in [1.29, 1.82) is 0 Å². The number of piperidine rings is 1. The third-order valence-electron chi connectivity index (χ3n) is 4.27. The molecule has 1 fully saturated rings. The van der Waals surface area contributed by atoms with Crippen LogP contribution in [0, 0.1) is 0 Å². The van der Waals surface area contributed by atoms with Gasteiger partial charge in [-0.3, -0.25) is 4.79 Å². The summed E-state index contributed by atoms with van der Waals surface area (Å²) in [6.07, 6.45) is 3.55. The molecule has 114 valence electrons. The van der Waals surface area contributed by atoms with Crippen molar-refractivity contribution in [2.24, 2.45) is 0 Å². The molecule has 1 aliphatic rings. The number of carbonyl (C=O) groups excluding carboxylic acids is 1. The summed E-state index contributed by atoms with van der Waals surface area (Å²) in [6, 6.07) is 9.48. The number of benzene rings is 1. The standard InChI is InChI=1S/C17H23NO3/c1-13(14-7-3-2-4-8-14)10-11-16(19)18-12-6-5-9-15(18)17(20)21/h2-4,7-8,13,15H,5-6,9-12H2,1H3,(H,20,21). The highest BCUT2D eigenvalue weighted by atomic mass is 16.4. The Balaban J connectivity index is 1.90. The number of nitrogens with zero attached hydrogens (tertiary/aromatic N) is 1. The van der Waals surface area contributed by atoms with E-state index in [0.717, 1.165) is 19.3 Å². The fourth-order valence-electron chi connectivity index (χ4n) is 2.92. The molecule has 1 heterocycles. The first-order valence-electron chi connectivity index (χ1n) is 7.67. The summed E-state index contributed by atoms with van der Waals surface area (Å²) >= 11 is 0. The number of carboxylic acid groups (broad SMARTS) is 1. The van der Waals surface area contributed by atoms with Gasteiger partial charge in [0.15, 0.2) is 0 Å². The zero-order chi connectivity index (χ0) is 15.2. The molecule has 0 aromatic heterocycles. The van der Waals surface area contributed by atoms with Crippen molar-refractivity contribution in [3.05, 3.63) is 35.9 Å². The molecule has 1 aliphatic heterocycles. The van der Waals surface area contributed by atoms with Gasteiger partial charge in [0.05, 0.1) is 0 Å². The van der Waals surface area contributed by atoms with Gasteiger partial charge in [0, 0.05) is 13.0 Å². The number of hydrogen-bond acceptors (Lipinski definition) is 2. The van der Waals surface area contributed by atoms with Crippen LogP contribution in [0.4, 0.5) is 0 Å².